The molecule has 0 aromatic heterocycles. The summed E-state index contributed by atoms with van der Waals surface area (Å²) in [6, 6.07) is 0.304. The van der Waals surface area contributed by atoms with Crippen LogP contribution in [-0.2, 0) is 4.79 Å². The molecule has 22 heavy (non-hydrogen) atoms. The average Bonchev–Trinajstić information content (AvgIpc) is 2.54. The summed E-state index contributed by atoms with van der Waals surface area (Å²) in [6.45, 7) is 4.99. The highest BCUT2D eigenvalue weighted by Crippen LogP contribution is 2.04. The van der Waals surface area contributed by atoms with Crippen molar-refractivity contribution in [1.82, 2.24) is 20.4 Å². The van der Waals surface area contributed by atoms with E-state index in [4.69, 9.17) is 5.73 Å². The lowest BCUT2D eigenvalue weighted by Gasteiger charge is -2.35. The maximum atomic E-state index is 12.1. The van der Waals surface area contributed by atoms with Gasteiger partial charge in [0.25, 0.3) is 0 Å². The molecule has 2 saturated heterocycles. The largest absolute Gasteiger partial charge is 0.370 e. The minimum absolute atomic E-state index is 0.0967. The Bertz CT molecular complexity index is 378. The van der Waals surface area contributed by atoms with E-state index in [0.29, 0.717) is 18.5 Å². The number of alkyl halides is 1. The van der Waals surface area contributed by atoms with Crippen LogP contribution in [0.25, 0.3) is 0 Å². The summed E-state index contributed by atoms with van der Waals surface area (Å²) in [5.74, 6) is 0.496. The number of hydrogen-bond donors (Lipinski definition) is 3. The third-order valence-corrected chi connectivity index (χ3v) is 4.13. The first kappa shape index (κ1) is 17.0. The van der Waals surface area contributed by atoms with Gasteiger partial charge in [-0.15, -0.1) is 0 Å². The van der Waals surface area contributed by atoms with Crippen LogP contribution in [0.15, 0.2) is 4.99 Å². The summed E-state index contributed by atoms with van der Waals surface area (Å²) >= 11 is 0. The lowest BCUT2D eigenvalue weighted by Crippen LogP contribution is -2.54. The topological polar surface area (TPSA) is 86.0 Å². The van der Waals surface area contributed by atoms with Crippen molar-refractivity contribution in [3.8, 4) is 0 Å². The first-order valence-electron chi connectivity index (χ1n) is 8.02. The average molecular weight is 314 g/mol. The maximum absolute atomic E-state index is 12.1. The molecule has 7 nitrogen and oxygen atoms in total. The number of piperazine rings is 1. The van der Waals surface area contributed by atoms with Crippen LogP contribution in [0.2, 0.25) is 0 Å². The SMILES string of the molecule is NC(=NCCF)N1CCN(CC(=O)NC2CCNCC2)CC1. The monoisotopic (exact) mass is 314 g/mol. The molecule has 2 aliphatic rings. The van der Waals surface area contributed by atoms with Gasteiger partial charge in [-0.1, -0.05) is 0 Å². The highest BCUT2D eigenvalue weighted by atomic mass is 19.1. The second-order valence-corrected chi connectivity index (χ2v) is 5.78. The quantitative estimate of drug-likeness (QED) is 0.436. The molecule has 2 rings (SSSR count). The first-order chi connectivity index (χ1) is 10.7. The molecule has 0 atom stereocenters. The van der Waals surface area contributed by atoms with E-state index in [9.17, 15) is 9.18 Å². The van der Waals surface area contributed by atoms with Crippen LogP contribution in [0.1, 0.15) is 12.8 Å². The number of rotatable bonds is 5. The van der Waals surface area contributed by atoms with E-state index >= 15 is 0 Å². The van der Waals surface area contributed by atoms with Crippen LogP contribution in [0.3, 0.4) is 0 Å². The number of hydrogen-bond acceptors (Lipinski definition) is 4. The van der Waals surface area contributed by atoms with Gasteiger partial charge in [-0.3, -0.25) is 14.7 Å². The van der Waals surface area contributed by atoms with E-state index in [2.05, 4.69) is 20.5 Å². The van der Waals surface area contributed by atoms with Gasteiger partial charge in [-0.25, -0.2) is 4.39 Å². The molecule has 2 heterocycles. The van der Waals surface area contributed by atoms with E-state index in [1.807, 2.05) is 4.90 Å². The summed E-state index contributed by atoms with van der Waals surface area (Å²) in [6.07, 6.45) is 2.00. The molecule has 126 valence electrons. The molecule has 4 N–H and O–H groups in total. The minimum atomic E-state index is -0.489. The lowest BCUT2D eigenvalue weighted by atomic mass is 10.1. The smallest absolute Gasteiger partial charge is 0.234 e. The van der Waals surface area contributed by atoms with Crippen molar-refractivity contribution in [2.45, 2.75) is 18.9 Å². The van der Waals surface area contributed by atoms with Crippen LogP contribution in [0, 0.1) is 0 Å². The molecule has 8 heteroatoms. The Labute approximate surface area is 131 Å². The molecule has 0 unspecified atom stereocenters. The van der Waals surface area contributed by atoms with Gasteiger partial charge < -0.3 is 21.3 Å². The van der Waals surface area contributed by atoms with Gasteiger partial charge in [-0.05, 0) is 25.9 Å². The van der Waals surface area contributed by atoms with Gasteiger partial charge in [0.15, 0.2) is 5.96 Å². The first-order valence-corrected chi connectivity index (χ1v) is 8.02. The number of amides is 1. The van der Waals surface area contributed by atoms with Crippen LogP contribution in [0.5, 0.6) is 0 Å². The van der Waals surface area contributed by atoms with Gasteiger partial charge in [0.2, 0.25) is 5.91 Å². The number of piperidine rings is 1. The fourth-order valence-corrected chi connectivity index (χ4v) is 2.83. The molecule has 0 aromatic rings. The number of carbonyl (C=O) groups excluding carboxylic acids is 1. The van der Waals surface area contributed by atoms with Gasteiger partial charge >= 0.3 is 0 Å². The standard InChI is InChI=1S/C14H27FN6O/c15-3-6-18-14(16)21-9-7-20(8-10-21)11-13(22)19-12-1-4-17-5-2-12/h12,17H,1-11H2,(H2,16,18)(H,19,22). The van der Waals surface area contributed by atoms with Gasteiger partial charge in [0, 0.05) is 32.2 Å². The molecule has 0 bridgehead atoms. The summed E-state index contributed by atoms with van der Waals surface area (Å²) in [5, 5.41) is 6.39. The third-order valence-electron chi connectivity index (χ3n) is 4.13. The predicted octanol–water partition coefficient (Wildman–Crippen LogP) is -1.24. The summed E-state index contributed by atoms with van der Waals surface area (Å²) in [5.41, 5.74) is 5.81. The molecule has 2 aliphatic heterocycles. The van der Waals surface area contributed by atoms with E-state index < -0.39 is 6.67 Å². The molecular weight excluding hydrogens is 287 g/mol. The minimum Gasteiger partial charge on any atom is -0.370 e. The van der Waals surface area contributed by atoms with E-state index in [1.165, 1.54) is 0 Å². The fourth-order valence-electron chi connectivity index (χ4n) is 2.83. The van der Waals surface area contributed by atoms with Crippen LogP contribution < -0.4 is 16.4 Å². The zero-order valence-electron chi connectivity index (χ0n) is 13.1. The summed E-state index contributed by atoms with van der Waals surface area (Å²) < 4.78 is 12.1. The number of carbonyl (C=O) groups is 1. The Hall–Kier alpha value is -1.41. The molecule has 0 aromatic carbocycles. The van der Waals surface area contributed by atoms with Crippen molar-refractivity contribution < 1.29 is 9.18 Å². The molecule has 1 amide bonds. The normalized spacial score (nSPS) is 21.9. The Balaban J connectivity index is 1.67. The summed E-state index contributed by atoms with van der Waals surface area (Å²) in [7, 11) is 0. The number of halogens is 1. The van der Waals surface area contributed by atoms with Crippen molar-refractivity contribution in [1.29, 1.82) is 0 Å². The molecular formula is C14H27FN6O. The van der Waals surface area contributed by atoms with Crippen molar-refractivity contribution >= 4 is 11.9 Å². The number of nitrogens with two attached hydrogens (primary N) is 1. The summed E-state index contributed by atoms with van der Waals surface area (Å²) in [4.78, 5) is 20.1. The number of aliphatic imine (C=N–C) groups is 1. The van der Waals surface area contributed by atoms with Crippen molar-refractivity contribution in [2.75, 3.05) is 59.0 Å². The van der Waals surface area contributed by atoms with Crippen molar-refractivity contribution in [3.63, 3.8) is 0 Å². The Morgan fingerprint density at radius 2 is 1.95 bits per heavy atom. The molecule has 0 radical (unpaired) electrons. The van der Waals surface area contributed by atoms with Crippen molar-refractivity contribution in [3.05, 3.63) is 0 Å². The van der Waals surface area contributed by atoms with Gasteiger partial charge in [0.05, 0.1) is 13.1 Å². The second kappa shape index (κ2) is 8.89. The molecule has 2 fully saturated rings. The Morgan fingerprint density at radius 3 is 2.59 bits per heavy atom. The highest BCUT2D eigenvalue weighted by Gasteiger charge is 2.21. The molecule has 0 aliphatic carbocycles. The third kappa shape index (κ3) is 5.42. The Morgan fingerprint density at radius 1 is 1.27 bits per heavy atom. The predicted molar refractivity (Wildman–Crippen MR) is 84.5 cm³/mol. The van der Waals surface area contributed by atoms with E-state index in [1.54, 1.807) is 0 Å². The maximum Gasteiger partial charge on any atom is 0.234 e. The Kier molecular flexibility index (Phi) is 6.85. The van der Waals surface area contributed by atoms with Gasteiger partial charge in [0.1, 0.15) is 6.67 Å². The zero-order chi connectivity index (χ0) is 15.8. The molecule has 0 saturated carbocycles. The lowest BCUT2D eigenvalue weighted by molar-refractivity contribution is -0.123. The fraction of sp³-hybridized carbons (Fsp3) is 0.857. The number of guanidine groups is 1. The van der Waals surface area contributed by atoms with Gasteiger partial charge in [-0.2, -0.15) is 0 Å². The number of nitrogens with zero attached hydrogens (tertiary/aromatic N) is 3. The highest BCUT2D eigenvalue weighted by molar-refractivity contribution is 5.79. The molecule has 0 spiro atoms. The number of nitrogens with one attached hydrogen (secondary N) is 2. The van der Waals surface area contributed by atoms with Crippen LogP contribution >= 0.6 is 0 Å². The van der Waals surface area contributed by atoms with E-state index in [-0.39, 0.29) is 12.5 Å². The van der Waals surface area contributed by atoms with Crippen LogP contribution in [-0.4, -0.2) is 86.7 Å². The zero-order valence-corrected chi connectivity index (χ0v) is 13.1. The second-order valence-electron chi connectivity index (χ2n) is 5.78. The van der Waals surface area contributed by atoms with E-state index in [0.717, 1.165) is 52.1 Å². The van der Waals surface area contributed by atoms with Crippen LogP contribution in [0.4, 0.5) is 4.39 Å². The van der Waals surface area contributed by atoms with Crippen molar-refractivity contribution in [2.24, 2.45) is 10.7 Å².